The summed E-state index contributed by atoms with van der Waals surface area (Å²) in [5.41, 5.74) is 3.95. The van der Waals surface area contributed by atoms with Crippen LogP contribution in [0.15, 0.2) is 53.4 Å². The van der Waals surface area contributed by atoms with Gasteiger partial charge in [-0.05, 0) is 68.3 Å². The van der Waals surface area contributed by atoms with E-state index in [2.05, 4.69) is 38.8 Å². The van der Waals surface area contributed by atoms with Gasteiger partial charge in [-0.1, -0.05) is 35.9 Å². The average Bonchev–Trinajstić information content (AvgIpc) is 3.16. The van der Waals surface area contributed by atoms with Gasteiger partial charge in [0.05, 0.1) is 4.90 Å². The van der Waals surface area contributed by atoms with Crippen LogP contribution >= 0.6 is 0 Å². The van der Waals surface area contributed by atoms with Crippen LogP contribution < -0.4 is 9.62 Å². The SMILES string of the molecule is Cc1ccc(S(=O)(=O)NC[C@H]2C[C@H]3CCN2C[C@@H]3CN2CCc3ccccc32)cc1. The summed E-state index contributed by atoms with van der Waals surface area (Å²) in [6.07, 6.45) is 3.48. The lowest BCUT2D eigenvalue weighted by molar-refractivity contribution is 0.00670. The molecule has 4 heterocycles. The van der Waals surface area contributed by atoms with Crippen LogP contribution in [0, 0.1) is 18.8 Å². The minimum Gasteiger partial charge on any atom is -0.371 e. The highest BCUT2D eigenvalue weighted by Gasteiger charge is 2.41. The Labute approximate surface area is 180 Å². The number of nitrogens with one attached hydrogen (secondary N) is 1. The molecule has 1 N–H and O–H groups in total. The van der Waals surface area contributed by atoms with Gasteiger partial charge < -0.3 is 4.90 Å². The van der Waals surface area contributed by atoms with Crippen molar-refractivity contribution in [2.24, 2.45) is 11.8 Å². The average molecular weight is 426 g/mol. The molecule has 1 unspecified atom stereocenters. The van der Waals surface area contributed by atoms with Crippen LogP contribution in [0.2, 0.25) is 0 Å². The van der Waals surface area contributed by atoms with Gasteiger partial charge in [0.15, 0.2) is 0 Å². The van der Waals surface area contributed by atoms with E-state index in [1.807, 2.05) is 19.1 Å². The highest BCUT2D eigenvalue weighted by molar-refractivity contribution is 7.89. The molecule has 6 rings (SSSR count). The number of benzene rings is 2. The molecule has 160 valence electrons. The summed E-state index contributed by atoms with van der Waals surface area (Å²) in [7, 11) is -3.44. The second kappa shape index (κ2) is 7.98. The molecule has 0 aromatic heterocycles. The molecular formula is C24H31N3O2S. The summed E-state index contributed by atoms with van der Waals surface area (Å²) in [6, 6.07) is 16.2. The number of piperidine rings is 3. The molecule has 2 bridgehead atoms. The summed E-state index contributed by atoms with van der Waals surface area (Å²) in [6.45, 7) is 6.90. The van der Waals surface area contributed by atoms with Crippen molar-refractivity contribution in [3.63, 3.8) is 0 Å². The number of fused-ring (bicyclic) bond motifs is 4. The molecule has 5 nitrogen and oxygen atoms in total. The smallest absolute Gasteiger partial charge is 0.240 e. The molecule has 0 saturated carbocycles. The second-order valence-electron chi connectivity index (χ2n) is 9.18. The molecule has 0 aliphatic carbocycles. The van der Waals surface area contributed by atoms with Gasteiger partial charge in [-0.3, -0.25) is 4.90 Å². The van der Waals surface area contributed by atoms with Crippen LogP contribution in [-0.4, -0.2) is 52.1 Å². The van der Waals surface area contributed by atoms with Crippen LogP contribution in [0.3, 0.4) is 0 Å². The topological polar surface area (TPSA) is 52.7 Å². The Kier molecular flexibility index (Phi) is 5.33. The zero-order valence-electron chi connectivity index (χ0n) is 17.6. The third-order valence-corrected chi connectivity index (χ3v) is 8.73. The van der Waals surface area contributed by atoms with Crippen LogP contribution in [0.5, 0.6) is 0 Å². The maximum absolute atomic E-state index is 12.7. The Morgan fingerprint density at radius 2 is 1.87 bits per heavy atom. The van der Waals surface area contributed by atoms with E-state index in [4.69, 9.17) is 0 Å². The number of rotatable bonds is 6. The van der Waals surface area contributed by atoms with Crippen molar-refractivity contribution < 1.29 is 8.42 Å². The molecule has 4 aliphatic heterocycles. The summed E-state index contributed by atoms with van der Waals surface area (Å²) >= 11 is 0. The zero-order valence-corrected chi connectivity index (χ0v) is 18.4. The lowest BCUT2D eigenvalue weighted by Gasteiger charge is -2.50. The van der Waals surface area contributed by atoms with Crippen molar-refractivity contribution >= 4 is 15.7 Å². The molecule has 30 heavy (non-hydrogen) atoms. The Morgan fingerprint density at radius 1 is 1.07 bits per heavy atom. The highest BCUT2D eigenvalue weighted by atomic mass is 32.2. The van der Waals surface area contributed by atoms with E-state index in [1.54, 1.807) is 12.1 Å². The van der Waals surface area contributed by atoms with E-state index < -0.39 is 10.0 Å². The Bertz CT molecular complexity index is 1010. The van der Waals surface area contributed by atoms with Crippen LogP contribution in [0.4, 0.5) is 5.69 Å². The number of hydrogen-bond donors (Lipinski definition) is 1. The number of para-hydroxylation sites is 1. The molecule has 0 radical (unpaired) electrons. The van der Waals surface area contributed by atoms with Crippen LogP contribution in [0.25, 0.3) is 0 Å². The Morgan fingerprint density at radius 3 is 2.63 bits per heavy atom. The highest BCUT2D eigenvalue weighted by Crippen LogP contribution is 2.38. The van der Waals surface area contributed by atoms with E-state index in [0.29, 0.717) is 29.3 Å². The van der Waals surface area contributed by atoms with Gasteiger partial charge in [0.1, 0.15) is 0 Å². The minimum absolute atomic E-state index is 0.311. The molecular weight excluding hydrogens is 394 g/mol. The van der Waals surface area contributed by atoms with Crippen molar-refractivity contribution in [3.05, 3.63) is 59.7 Å². The normalized spacial score (nSPS) is 28.0. The van der Waals surface area contributed by atoms with E-state index in [1.165, 1.54) is 17.7 Å². The molecule has 2 aromatic carbocycles. The maximum Gasteiger partial charge on any atom is 0.240 e. The van der Waals surface area contributed by atoms with Gasteiger partial charge in [-0.15, -0.1) is 0 Å². The third kappa shape index (κ3) is 3.88. The first-order valence-corrected chi connectivity index (χ1v) is 12.6. The van der Waals surface area contributed by atoms with Gasteiger partial charge >= 0.3 is 0 Å². The van der Waals surface area contributed by atoms with Gasteiger partial charge in [-0.25, -0.2) is 13.1 Å². The number of sulfonamides is 1. The van der Waals surface area contributed by atoms with Crippen molar-refractivity contribution in [1.29, 1.82) is 0 Å². The first-order chi connectivity index (χ1) is 14.5. The predicted octanol–water partition coefficient (Wildman–Crippen LogP) is 3.05. The molecule has 3 saturated heterocycles. The monoisotopic (exact) mass is 425 g/mol. The molecule has 0 amide bonds. The maximum atomic E-state index is 12.7. The standard InChI is InChI=1S/C24H31N3O2S/c1-18-6-8-23(9-7-18)30(28,29)25-15-22-14-20-11-12-26(22)16-21(20)17-27-13-10-19-4-2-3-5-24(19)27/h2-9,20-22,25H,10-17H2,1H3/t20-,21-,22-/m1/s1. The number of aryl methyl sites for hydroxylation is 1. The number of anilines is 1. The van der Waals surface area contributed by atoms with E-state index in [9.17, 15) is 8.42 Å². The summed E-state index contributed by atoms with van der Waals surface area (Å²) in [5.74, 6) is 1.37. The predicted molar refractivity (Wildman–Crippen MR) is 120 cm³/mol. The van der Waals surface area contributed by atoms with E-state index >= 15 is 0 Å². The second-order valence-corrected chi connectivity index (χ2v) is 10.9. The first-order valence-electron chi connectivity index (χ1n) is 11.1. The van der Waals surface area contributed by atoms with Gasteiger partial charge in [0, 0.05) is 37.9 Å². The fourth-order valence-corrected chi connectivity index (χ4v) is 6.63. The fraction of sp³-hybridized carbons (Fsp3) is 0.500. The zero-order chi connectivity index (χ0) is 20.7. The molecule has 2 aromatic rings. The van der Waals surface area contributed by atoms with Gasteiger partial charge in [0.2, 0.25) is 10.0 Å². The quantitative estimate of drug-likeness (QED) is 0.773. The third-order valence-electron chi connectivity index (χ3n) is 7.29. The van der Waals surface area contributed by atoms with Gasteiger partial charge in [-0.2, -0.15) is 0 Å². The number of hydrogen-bond acceptors (Lipinski definition) is 4. The Balaban J connectivity index is 1.19. The number of nitrogens with zero attached hydrogens (tertiary/aromatic N) is 2. The lowest BCUT2D eigenvalue weighted by Crippen LogP contribution is -2.58. The molecule has 4 atom stereocenters. The first kappa shape index (κ1) is 20.0. The van der Waals surface area contributed by atoms with Crippen LogP contribution in [0.1, 0.15) is 24.0 Å². The van der Waals surface area contributed by atoms with Crippen molar-refractivity contribution in [1.82, 2.24) is 9.62 Å². The summed E-state index contributed by atoms with van der Waals surface area (Å²) < 4.78 is 28.2. The van der Waals surface area contributed by atoms with Crippen LogP contribution in [-0.2, 0) is 16.4 Å². The van der Waals surface area contributed by atoms with Crippen molar-refractivity contribution in [2.45, 2.75) is 37.1 Å². The van der Waals surface area contributed by atoms with Crippen molar-refractivity contribution in [3.8, 4) is 0 Å². The molecule has 4 aliphatic rings. The molecule has 3 fully saturated rings. The van der Waals surface area contributed by atoms with Crippen molar-refractivity contribution in [2.75, 3.05) is 37.6 Å². The minimum atomic E-state index is -3.44. The largest absolute Gasteiger partial charge is 0.371 e. The van der Waals surface area contributed by atoms with E-state index in [0.717, 1.165) is 44.6 Å². The fourth-order valence-electron chi connectivity index (χ4n) is 5.55. The van der Waals surface area contributed by atoms with Gasteiger partial charge in [0.25, 0.3) is 0 Å². The summed E-state index contributed by atoms with van der Waals surface area (Å²) in [4.78, 5) is 5.44. The Hall–Kier alpha value is -1.89. The summed E-state index contributed by atoms with van der Waals surface area (Å²) in [5, 5.41) is 0. The lowest BCUT2D eigenvalue weighted by atomic mass is 9.75. The van der Waals surface area contributed by atoms with E-state index in [-0.39, 0.29) is 0 Å². The molecule has 6 heteroatoms. The molecule has 0 spiro atoms.